The minimum atomic E-state index is -0.0188. The van der Waals surface area contributed by atoms with Gasteiger partial charge < -0.3 is 10.9 Å². The van der Waals surface area contributed by atoms with Gasteiger partial charge in [0, 0.05) is 11.1 Å². The molecule has 2 N–H and O–H groups in total. The Hall–Kier alpha value is -1.66. The molecule has 0 bridgehead atoms. The summed E-state index contributed by atoms with van der Waals surface area (Å²) < 4.78 is 0. The van der Waals surface area contributed by atoms with E-state index < -0.39 is 0 Å². The summed E-state index contributed by atoms with van der Waals surface area (Å²) >= 11 is 6.35. The number of benzene rings is 2. The van der Waals surface area contributed by atoms with Crippen LogP contribution in [0.25, 0.3) is 0 Å². The third-order valence-electron chi connectivity index (χ3n) is 3.03. The van der Waals surface area contributed by atoms with Crippen LogP contribution in [-0.4, -0.2) is 22.2 Å². The van der Waals surface area contributed by atoms with E-state index in [2.05, 4.69) is 42.7 Å². The lowest BCUT2D eigenvalue weighted by Gasteiger charge is -2.15. The molecule has 0 fully saturated rings. The van der Waals surface area contributed by atoms with E-state index in [1.54, 1.807) is 24.3 Å². The topological polar surface area (TPSA) is 58.2 Å². The highest BCUT2D eigenvalue weighted by Crippen LogP contribution is 2.20. The molecule has 4 nitrogen and oxygen atoms in total. The van der Waals surface area contributed by atoms with Gasteiger partial charge in [-0.3, -0.25) is 9.59 Å². The minimum Gasteiger partial charge on any atom is -0.300 e. The predicted octanol–water partition coefficient (Wildman–Crippen LogP) is 4.28. The third-order valence-corrected chi connectivity index (χ3v) is 4.05. The van der Waals surface area contributed by atoms with Crippen LogP contribution in [-0.2, 0) is 0 Å². The van der Waals surface area contributed by atoms with E-state index in [9.17, 15) is 9.59 Å². The lowest BCUT2D eigenvalue weighted by Crippen LogP contribution is -2.15. The van der Waals surface area contributed by atoms with Crippen molar-refractivity contribution in [1.82, 2.24) is 0 Å². The Kier molecular flexibility index (Phi) is 6.15. The molecule has 0 aromatic heterocycles. The molecule has 0 atom stereocenters. The van der Waals surface area contributed by atoms with E-state index in [0.717, 1.165) is 0 Å². The summed E-state index contributed by atoms with van der Waals surface area (Å²) in [6.07, 6.45) is 0. The van der Waals surface area contributed by atoms with Gasteiger partial charge in [0.2, 0.25) is 0 Å². The van der Waals surface area contributed by atoms with Crippen LogP contribution < -0.4 is 10.9 Å². The molecule has 0 aliphatic rings. The van der Waals surface area contributed by atoms with Gasteiger partial charge in [0.1, 0.15) is 0 Å². The van der Waals surface area contributed by atoms with Crippen LogP contribution >= 0.6 is 31.9 Å². The van der Waals surface area contributed by atoms with Crippen molar-refractivity contribution in [2.75, 3.05) is 21.5 Å². The number of carbonyl (C=O) groups excluding carboxylic acids is 2. The average Bonchev–Trinajstić information content (AvgIpc) is 2.59. The third kappa shape index (κ3) is 3.96. The summed E-state index contributed by atoms with van der Waals surface area (Å²) in [5.41, 5.74) is 8.49. The Morgan fingerprint density at radius 2 is 1.09 bits per heavy atom. The highest BCUT2D eigenvalue weighted by atomic mass is 79.9. The Labute approximate surface area is 145 Å². The highest BCUT2D eigenvalue weighted by Gasteiger charge is 2.11. The van der Waals surface area contributed by atoms with Crippen molar-refractivity contribution in [2.45, 2.75) is 0 Å². The predicted molar refractivity (Wildman–Crippen MR) is 96.4 cm³/mol. The van der Waals surface area contributed by atoms with Crippen molar-refractivity contribution in [1.29, 1.82) is 0 Å². The number of rotatable bonds is 7. The van der Waals surface area contributed by atoms with Gasteiger partial charge in [-0.2, -0.15) is 0 Å². The van der Waals surface area contributed by atoms with E-state index in [-0.39, 0.29) is 22.2 Å². The normalized spacial score (nSPS) is 10.1. The van der Waals surface area contributed by atoms with Crippen LogP contribution in [0.2, 0.25) is 0 Å². The fraction of sp³-hybridized carbons (Fsp3) is 0.125. The molecule has 0 saturated heterocycles. The fourth-order valence-electron chi connectivity index (χ4n) is 1.95. The molecule has 2 aromatic rings. The van der Waals surface area contributed by atoms with Crippen LogP contribution in [0.5, 0.6) is 0 Å². The van der Waals surface area contributed by atoms with Gasteiger partial charge in [-0.1, -0.05) is 56.1 Å². The van der Waals surface area contributed by atoms with Crippen molar-refractivity contribution < 1.29 is 9.59 Å². The van der Waals surface area contributed by atoms with Gasteiger partial charge >= 0.3 is 0 Å². The molecule has 0 spiro atoms. The van der Waals surface area contributed by atoms with Crippen LogP contribution in [0.1, 0.15) is 20.7 Å². The van der Waals surface area contributed by atoms with Crippen molar-refractivity contribution >= 4 is 54.8 Å². The maximum atomic E-state index is 11.9. The number of nitrogens with one attached hydrogen (secondary N) is 2. The zero-order chi connectivity index (χ0) is 15.9. The Balaban J connectivity index is 2.21. The summed E-state index contributed by atoms with van der Waals surface area (Å²) in [4.78, 5) is 23.8. The van der Waals surface area contributed by atoms with Gasteiger partial charge in [-0.05, 0) is 24.3 Å². The van der Waals surface area contributed by atoms with Crippen molar-refractivity contribution in [3.05, 3.63) is 59.7 Å². The molecular formula is C16H14Br2N2O2. The van der Waals surface area contributed by atoms with Crippen LogP contribution in [0.3, 0.4) is 0 Å². The SMILES string of the molecule is O=C(CBr)c1ccccc1NNc1ccccc1C(=O)CBr. The summed E-state index contributed by atoms with van der Waals surface area (Å²) in [6, 6.07) is 14.4. The lowest BCUT2D eigenvalue weighted by atomic mass is 10.1. The Morgan fingerprint density at radius 1 is 0.727 bits per heavy atom. The molecule has 0 saturated carbocycles. The van der Waals surface area contributed by atoms with Crippen LogP contribution in [0.15, 0.2) is 48.5 Å². The summed E-state index contributed by atoms with van der Waals surface area (Å²) in [7, 11) is 0. The molecule has 0 radical (unpaired) electrons. The maximum absolute atomic E-state index is 11.9. The average molecular weight is 426 g/mol. The van der Waals surface area contributed by atoms with Gasteiger partial charge in [0.15, 0.2) is 11.6 Å². The number of para-hydroxylation sites is 2. The van der Waals surface area contributed by atoms with Gasteiger partial charge in [0.25, 0.3) is 0 Å². The van der Waals surface area contributed by atoms with Crippen LogP contribution in [0.4, 0.5) is 11.4 Å². The molecule has 2 rings (SSSR count). The highest BCUT2D eigenvalue weighted by molar-refractivity contribution is 9.09. The molecule has 0 amide bonds. The smallest absolute Gasteiger partial charge is 0.175 e. The molecule has 22 heavy (non-hydrogen) atoms. The Morgan fingerprint density at radius 3 is 1.45 bits per heavy atom. The first-order valence-corrected chi connectivity index (χ1v) is 8.80. The molecule has 2 aromatic carbocycles. The summed E-state index contributed by atoms with van der Waals surface area (Å²) in [5, 5.41) is 0.509. The largest absolute Gasteiger partial charge is 0.300 e. The van der Waals surface area contributed by atoms with E-state index in [1.165, 1.54) is 0 Å². The quantitative estimate of drug-likeness (QED) is 0.395. The number of hydrogen-bond donors (Lipinski definition) is 2. The number of hydrogen-bond acceptors (Lipinski definition) is 4. The monoisotopic (exact) mass is 424 g/mol. The minimum absolute atomic E-state index is 0.0188. The maximum Gasteiger partial charge on any atom is 0.175 e. The zero-order valence-corrected chi connectivity index (χ0v) is 14.8. The van der Waals surface area contributed by atoms with Crippen molar-refractivity contribution in [3.8, 4) is 0 Å². The van der Waals surface area contributed by atoms with Gasteiger partial charge in [-0.15, -0.1) is 0 Å². The molecule has 6 heteroatoms. The molecule has 0 heterocycles. The number of Topliss-reactive ketones (excluding diaryl/α,β-unsaturated/α-hetero) is 2. The van der Waals surface area contributed by atoms with E-state index in [4.69, 9.17) is 0 Å². The molecule has 0 unspecified atom stereocenters. The summed E-state index contributed by atoms with van der Waals surface area (Å²) in [6.45, 7) is 0. The number of alkyl halides is 2. The van der Waals surface area contributed by atoms with Gasteiger partial charge in [-0.25, -0.2) is 0 Å². The fourth-order valence-corrected chi connectivity index (χ4v) is 2.55. The first-order valence-electron chi connectivity index (χ1n) is 6.55. The van der Waals surface area contributed by atoms with E-state index in [1.807, 2.05) is 24.3 Å². The molecule has 0 aliphatic heterocycles. The van der Waals surface area contributed by atoms with Crippen molar-refractivity contribution in [2.24, 2.45) is 0 Å². The van der Waals surface area contributed by atoms with Gasteiger partial charge in [0.05, 0.1) is 22.0 Å². The molecular weight excluding hydrogens is 412 g/mol. The van der Waals surface area contributed by atoms with E-state index >= 15 is 0 Å². The van der Waals surface area contributed by atoms with Crippen molar-refractivity contribution in [3.63, 3.8) is 0 Å². The van der Waals surface area contributed by atoms with E-state index in [0.29, 0.717) is 22.5 Å². The second kappa shape index (κ2) is 8.10. The second-order valence-corrected chi connectivity index (χ2v) is 5.58. The second-order valence-electron chi connectivity index (χ2n) is 4.45. The molecule has 0 aliphatic carbocycles. The zero-order valence-electron chi connectivity index (χ0n) is 11.6. The first-order chi connectivity index (χ1) is 10.7. The number of hydrazine groups is 1. The first kappa shape index (κ1) is 16.7. The standard InChI is InChI=1S/C16H14Br2N2O2/c17-9-15(21)11-5-1-3-7-13(11)19-20-14-8-4-2-6-12(14)16(22)10-18/h1-8,19-20H,9-10H2. The van der Waals surface area contributed by atoms with Crippen LogP contribution in [0, 0.1) is 0 Å². The summed E-state index contributed by atoms with van der Waals surface area (Å²) in [5.74, 6) is -0.0376. The number of halogens is 2. The molecule has 114 valence electrons. The number of carbonyl (C=O) groups is 2. The number of anilines is 2. The Bertz CT molecular complexity index is 630. The lowest BCUT2D eigenvalue weighted by molar-refractivity contribution is 0.101. The number of ketones is 2.